The van der Waals surface area contributed by atoms with Crippen molar-refractivity contribution in [2.45, 2.75) is 26.8 Å². The largest absolute Gasteiger partial charge is 0.463 e. The Morgan fingerprint density at radius 2 is 1.88 bits per heavy atom. The highest BCUT2D eigenvalue weighted by atomic mass is 16.5. The molecule has 166 valence electrons. The van der Waals surface area contributed by atoms with E-state index in [1.54, 1.807) is 49.6 Å². The Morgan fingerprint density at radius 3 is 2.61 bits per heavy atom. The van der Waals surface area contributed by atoms with Gasteiger partial charge in [-0.3, -0.25) is 9.78 Å². The molecule has 0 aromatic carbocycles. The van der Waals surface area contributed by atoms with Crippen molar-refractivity contribution in [3.63, 3.8) is 0 Å². The molecule has 0 spiro atoms. The fraction of sp³-hybridized carbons (Fsp3) is 0.217. The Kier molecular flexibility index (Phi) is 5.17. The molecule has 0 aliphatic carbocycles. The first-order chi connectivity index (χ1) is 16.0. The molecule has 0 saturated heterocycles. The predicted molar refractivity (Wildman–Crippen MR) is 117 cm³/mol. The number of carbonyl (C=O) groups excluding carboxylic acids is 1. The van der Waals surface area contributed by atoms with Crippen molar-refractivity contribution in [1.29, 1.82) is 0 Å². The number of hydrogen-bond acceptors (Lipinski definition) is 9. The second kappa shape index (κ2) is 8.30. The summed E-state index contributed by atoms with van der Waals surface area (Å²) in [6.07, 6.45) is 4.84. The van der Waals surface area contributed by atoms with E-state index in [1.165, 1.54) is 6.26 Å². The Morgan fingerprint density at radius 1 is 1.06 bits per heavy atom. The van der Waals surface area contributed by atoms with Crippen LogP contribution in [0.4, 0.5) is 0 Å². The van der Waals surface area contributed by atoms with Gasteiger partial charge in [-0.15, -0.1) is 0 Å². The normalized spacial score (nSPS) is 12.4. The smallest absolute Gasteiger partial charge is 0.259 e. The Bertz CT molecular complexity index is 1410. The minimum Gasteiger partial charge on any atom is -0.463 e. The lowest BCUT2D eigenvalue weighted by Gasteiger charge is -2.19. The Labute approximate surface area is 188 Å². The van der Waals surface area contributed by atoms with Crippen molar-refractivity contribution in [2.75, 3.05) is 0 Å². The van der Waals surface area contributed by atoms with Crippen LogP contribution in [0.25, 0.3) is 33.9 Å². The van der Waals surface area contributed by atoms with Gasteiger partial charge in [0.2, 0.25) is 11.7 Å². The zero-order valence-corrected chi connectivity index (χ0v) is 18.1. The molecular formula is C23H20N6O4. The third-order valence-electron chi connectivity index (χ3n) is 5.23. The first kappa shape index (κ1) is 20.6. The summed E-state index contributed by atoms with van der Waals surface area (Å²) in [7, 11) is 0. The van der Waals surface area contributed by atoms with E-state index < -0.39 is 6.04 Å². The van der Waals surface area contributed by atoms with E-state index in [1.807, 2.05) is 13.8 Å². The highest BCUT2D eigenvalue weighted by Crippen LogP contribution is 2.29. The number of fused-ring (bicyclic) bond motifs is 1. The lowest BCUT2D eigenvalue weighted by molar-refractivity contribution is 0.0915. The lowest BCUT2D eigenvalue weighted by Crippen LogP contribution is -2.32. The van der Waals surface area contributed by atoms with Crippen LogP contribution in [0.5, 0.6) is 0 Å². The van der Waals surface area contributed by atoms with Crippen molar-refractivity contribution in [1.82, 2.24) is 30.6 Å². The highest BCUT2D eigenvalue weighted by molar-refractivity contribution is 6.07. The van der Waals surface area contributed by atoms with E-state index in [-0.39, 0.29) is 17.5 Å². The Balaban J connectivity index is 1.50. The SMILES string of the molecule is Cc1noc2nc(-c3ccco3)cc(C(=O)NC(c3nc(-c4ccncc4)no3)C(C)C)c12. The summed E-state index contributed by atoms with van der Waals surface area (Å²) in [5.41, 5.74) is 2.42. The molecule has 1 atom stereocenters. The maximum atomic E-state index is 13.5. The zero-order valence-electron chi connectivity index (χ0n) is 18.1. The summed E-state index contributed by atoms with van der Waals surface area (Å²) in [6.45, 7) is 5.68. The molecule has 5 aromatic rings. The number of rotatable bonds is 6. The molecule has 1 amide bonds. The van der Waals surface area contributed by atoms with Crippen molar-refractivity contribution in [2.24, 2.45) is 5.92 Å². The first-order valence-electron chi connectivity index (χ1n) is 10.4. The topological polar surface area (TPSA) is 133 Å². The van der Waals surface area contributed by atoms with E-state index >= 15 is 0 Å². The van der Waals surface area contributed by atoms with Gasteiger partial charge in [0.1, 0.15) is 11.7 Å². The summed E-state index contributed by atoms with van der Waals surface area (Å²) in [5.74, 6) is 0.880. The maximum absolute atomic E-state index is 13.5. The minimum atomic E-state index is -0.518. The molecule has 10 nitrogen and oxygen atoms in total. The first-order valence-corrected chi connectivity index (χ1v) is 10.4. The van der Waals surface area contributed by atoms with Crippen LogP contribution in [0.1, 0.15) is 41.8 Å². The van der Waals surface area contributed by atoms with Gasteiger partial charge in [0.25, 0.3) is 11.6 Å². The van der Waals surface area contributed by atoms with E-state index in [9.17, 15) is 4.79 Å². The van der Waals surface area contributed by atoms with Gasteiger partial charge in [-0.05, 0) is 43.2 Å². The molecule has 1 N–H and O–H groups in total. The van der Waals surface area contributed by atoms with Crippen molar-refractivity contribution in [3.8, 4) is 22.8 Å². The van der Waals surface area contributed by atoms with Crippen LogP contribution < -0.4 is 5.32 Å². The summed E-state index contributed by atoms with van der Waals surface area (Å²) in [4.78, 5) is 26.4. The number of carbonyl (C=O) groups is 1. The quantitative estimate of drug-likeness (QED) is 0.405. The predicted octanol–water partition coefficient (Wildman–Crippen LogP) is 4.36. The summed E-state index contributed by atoms with van der Waals surface area (Å²) < 4.78 is 16.3. The number of pyridine rings is 2. The third-order valence-corrected chi connectivity index (χ3v) is 5.23. The Hall–Kier alpha value is -4.34. The van der Waals surface area contributed by atoms with Gasteiger partial charge in [-0.1, -0.05) is 24.2 Å². The average molecular weight is 444 g/mol. The van der Waals surface area contributed by atoms with E-state index in [4.69, 9.17) is 13.5 Å². The van der Waals surface area contributed by atoms with Crippen molar-refractivity contribution < 1.29 is 18.3 Å². The summed E-state index contributed by atoms with van der Waals surface area (Å²) >= 11 is 0. The minimum absolute atomic E-state index is 0.0230. The fourth-order valence-corrected chi connectivity index (χ4v) is 3.54. The second-order valence-corrected chi connectivity index (χ2v) is 7.87. The van der Waals surface area contributed by atoms with Crippen LogP contribution in [0, 0.1) is 12.8 Å². The molecule has 0 aliphatic rings. The van der Waals surface area contributed by atoms with Gasteiger partial charge in [-0.25, -0.2) is 4.98 Å². The summed E-state index contributed by atoms with van der Waals surface area (Å²) in [6, 6.07) is 8.23. The van der Waals surface area contributed by atoms with Gasteiger partial charge in [0.05, 0.1) is 22.9 Å². The third kappa shape index (κ3) is 3.86. The fourth-order valence-electron chi connectivity index (χ4n) is 3.54. The monoisotopic (exact) mass is 444 g/mol. The number of aryl methyl sites for hydroxylation is 1. The van der Waals surface area contributed by atoms with Crippen LogP contribution >= 0.6 is 0 Å². The van der Waals surface area contributed by atoms with E-state index in [0.29, 0.717) is 39.8 Å². The van der Waals surface area contributed by atoms with E-state index in [2.05, 4.69) is 30.6 Å². The van der Waals surface area contributed by atoms with Gasteiger partial charge < -0.3 is 18.8 Å². The molecular weight excluding hydrogens is 424 g/mol. The van der Waals surface area contributed by atoms with Gasteiger partial charge in [0.15, 0.2) is 5.76 Å². The molecule has 5 aromatic heterocycles. The van der Waals surface area contributed by atoms with Gasteiger partial charge in [0, 0.05) is 18.0 Å². The van der Waals surface area contributed by atoms with E-state index in [0.717, 1.165) is 5.56 Å². The van der Waals surface area contributed by atoms with Crippen LogP contribution in [0.2, 0.25) is 0 Å². The zero-order chi connectivity index (χ0) is 22.9. The van der Waals surface area contributed by atoms with Crippen molar-refractivity contribution in [3.05, 3.63) is 66.1 Å². The molecule has 0 radical (unpaired) electrons. The number of furan rings is 1. The van der Waals surface area contributed by atoms with Crippen LogP contribution in [0.3, 0.4) is 0 Å². The molecule has 10 heteroatoms. The number of nitrogens with zero attached hydrogens (tertiary/aromatic N) is 5. The molecule has 33 heavy (non-hydrogen) atoms. The molecule has 5 heterocycles. The average Bonchev–Trinajstić information content (AvgIpc) is 3.59. The van der Waals surface area contributed by atoms with Crippen LogP contribution in [0.15, 0.2) is 62.5 Å². The van der Waals surface area contributed by atoms with Gasteiger partial charge >= 0.3 is 0 Å². The molecule has 0 bridgehead atoms. The molecule has 1 unspecified atom stereocenters. The second-order valence-electron chi connectivity index (χ2n) is 7.87. The molecule has 0 fully saturated rings. The number of aromatic nitrogens is 5. The van der Waals surface area contributed by atoms with Crippen LogP contribution in [-0.4, -0.2) is 31.2 Å². The van der Waals surface area contributed by atoms with Gasteiger partial charge in [-0.2, -0.15) is 4.98 Å². The molecule has 0 saturated carbocycles. The van der Waals surface area contributed by atoms with Crippen LogP contribution in [-0.2, 0) is 0 Å². The highest BCUT2D eigenvalue weighted by Gasteiger charge is 2.28. The lowest BCUT2D eigenvalue weighted by atomic mass is 10.0. The number of nitrogens with one attached hydrogen (secondary N) is 1. The summed E-state index contributed by atoms with van der Waals surface area (Å²) in [5, 5.41) is 11.6. The number of amides is 1. The maximum Gasteiger partial charge on any atom is 0.259 e. The van der Waals surface area contributed by atoms with Crippen molar-refractivity contribution >= 4 is 17.0 Å². The molecule has 5 rings (SSSR count). The molecule has 0 aliphatic heterocycles. The number of hydrogen-bond donors (Lipinski definition) is 1. The standard InChI is InChI=1S/C23H20N6O4/c1-12(2)19(23-27-20(29-33-23)14-6-8-24-9-7-14)26-21(30)15-11-16(17-5-4-10-31-17)25-22-18(15)13(3)28-32-22/h4-12,19H,1-3H3,(H,26,30).